The Kier molecular flexibility index (Phi) is 7.87. The number of carbonyl (C=O) groups excluding carboxylic acids is 1. The van der Waals surface area contributed by atoms with E-state index in [4.69, 9.17) is 4.74 Å². The van der Waals surface area contributed by atoms with Crippen LogP contribution in [0.1, 0.15) is 28.6 Å². The molecule has 0 aliphatic rings. The second-order valence-electron chi connectivity index (χ2n) is 7.61. The van der Waals surface area contributed by atoms with Crippen LogP contribution < -0.4 is 15.4 Å². The number of hydrogen-bond acceptors (Lipinski definition) is 4. The van der Waals surface area contributed by atoms with Crippen molar-refractivity contribution >= 4 is 5.91 Å². The normalized spacial score (nSPS) is 11.9. The van der Waals surface area contributed by atoms with Crippen LogP contribution >= 0.6 is 0 Å². The molecular formula is C25H31N3O3. The second kappa shape index (κ2) is 10.8. The van der Waals surface area contributed by atoms with Gasteiger partial charge >= 0.3 is 0 Å². The number of nitrogens with one attached hydrogen (secondary N) is 2. The molecule has 0 aliphatic carbocycles. The van der Waals surface area contributed by atoms with E-state index >= 15 is 0 Å². The number of benzene rings is 2. The molecule has 0 aliphatic heterocycles. The van der Waals surface area contributed by atoms with Gasteiger partial charge in [-0.15, -0.1) is 0 Å². The van der Waals surface area contributed by atoms with Gasteiger partial charge in [0.15, 0.2) is 0 Å². The lowest BCUT2D eigenvalue weighted by Gasteiger charge is -2.15. The molecule has 6 nitrogen and oxygen atoms in total. The van der Waals surface area contributed by atoms with Gasteiger partial charge in [-0.25, -0.2) is 0 Å². The van der Waals surface area contributed by atoms with E-state index in [1.807, 2.05) is 48.5 Å². The molecule has 1 atom stereocenters. The Morgan fingerprint density at radius 1 is 1.00 bits per heavy atom. The molecule has 2 aromatic carbocycles. The molecule has 0 spiro atoms. The minimum absolute atomic E-state index is 0.0130. The van der Waals surface area contributed by atoms with E-state index in [1.54, 1.807) is 7.05 Å². The van der Waals surface area contributed by atoms with Gasteiger partial charge < -0.3 is 25.0 Å². The summed E-state index contributed by atoms with van der Waals surface area (Å²) in [6, 6.07) is 19.7. The summed E-state index contributed by atoms with van der Waals surface area (Å²) in [5.74, 6) is 0.746. The van der Waals surface area contributed by atoms with Crippen molar-refractivity contribution in [2.45, 2.75) is 26.4 Å². The number of aromatic nitrogens is 1. The van der Waals surface area contributed by atoms with E-state index in [-0.39, 0.29) is 5.91 Å². The smallest absolute Gasteiger partial charge is 0.224 e. The van der Waals surface area contributed by atoms with Crippen molar-refractivity contribution in [1.29, 1.82) is 0 Å². The summed E-state index contributed by atoms with van der Waals surface area (Å²) < 4.78 is 7.90. The Morgan fingerprint density at radius 2 is 1.65 bits per heavy atom. The first-order valence-electron chi connectivity index (χ1n) is 10.5. The fourth-order valence-corrected chi connectivity index (χ4v) is 3.50. The van der Waals surface area contributed by atoms with Crippen LogP contribution in [0.3, 0.4) is 0 Å². The molecule has 3 rings (SSSR count). The van der Waals surface area contributed by atoms with Crippen molar-refractivity contribution < 1.29 is 14.6 Å². The van der Waals surface area contributed by atoms with Gasteiger partial charge in [0.25, 0.3) is 0 Å². The fourth-order valence-electron chi connectivity index (χ4n) is 3.50. The number of aryl methyl sites for hydroxylation is 2. The van der Waals surface area contributed by atoms with Gasteiger partial charge in [0.1, 0.15) is 12.4 Å². The SMILES string of the molecule is CNC(=O)Cc1ccc(OCCNC[C@H](O)c2ccc(-n3c(C)ccc3C)cc2)cc1. The minimum atomic E-state index is -0.579. The lowest BCUT2D eigenvalue weighted by atomic mass is 10.1. The van der Waals surface area contributed by atoms with Gasteiger partial charge in [-0.1, -0.05) is 24.3 Å². The van der Waals surface area contributed by atoms with E-state index < -0.39 is 6.10 Å². The molecule has 0 fully saturated rings. The number of aliphatic hydroxyl groups excluding tert-OH is 1. The van der Waals surface area contributed by atoms with Gasteiger partial charge in [-0.05, 0) is 61.4 Å². The van der Waals surface area contributed by atoms with E-state index in [2.05, 4.69) is 41.2 Å². The topological polar surface area (TPSA) is 75.5 Å². The number of ether oxygens (including phenoxy) is 1. The van der Waals surface area contributed by atoms with Crippen LogP contribution in [-0.4, -0.2) is 42.3 Å². The second-order valence-corrected chi connectivity index (χ2v) is 7.61. The Balaban J connectivity index is 1.40. The highest BCUT2D eigenvalue weighted by Gasteiger charge is 2.09. The molecular weight excluding hydrogens is 390 g/mol. The highest BCUT2D eigenvalue weighted by atomic mass is 16.5. The first-order valence-corrected chi connectivity index (χ1v) is 10.5. The van der Waals surface area contributed by atoms with Crippen LogP contribution in [0.2, 0.25) is 0 Å². The molecule has 31 heavy (non-hydrogen) atoms. The lowest BCUT2D eigenvalue weighted by Crippen LogP contribution is -2.26. The molecule has 1 heterocycles. The molecule has 0 bridgehead atoms. The standard InChI is InChI=1S/C25H31N3O3/c1-18-4-5-19(2)28(18)22-10-8-21(9-11-22)24(29)17-27-14-15-31-23-12-6-20(7-13-23)16-25(30)26-3/h4-13,24,27,29H,14-17H2,1-3H3,(H,26,30)/t24-/m0/s1. The molecule has 6 heteroatoms. The van der Waals surface area contributed by atoms with Gasteiger partial charge in [0.05, 0.1) is 12.5 Å². The third-order valence-corrected chi connectivity index (χ3v) is 5.26. The van der Waals surface area contributed by atoms with Gasteiger partial charge in [-0.3, -0.25) is 4.79 Å². The Labute approximate surface area is 183 Å². The highest BCUT2D eigenvalue weighted by molar-refractivity contribution is 5.78. The molecule has 1 aromatic heterocycles. The van der Waals surface area contributed by atoms with Crippen molar-refractivity contribution in [3.05, 3.63) is 83.2 Å². The molecule has 3 N–H and O–H groups in total. The van der Waals surface area contributed by atoms with E-state index in [0.717, 1.165) is 22.6 Å². The molecule has 0 unspecified atom stereocenters. The molecule has 0 radical (unpaired) electrons. The monoisotopic (exact) mass is 421 g/mol. The summed E-state index contributed by atoms with van der Waals surface area (Å²) >= 11 is 0. The fraction of sp³-hybridized carbons (Fsp3) is 0.320. The van der Waals surface area contributed by atoms with Crippen molar-refractivity contribution in [2.75, 3.05) is 26.7 Å². The average molecular weight is 422 g/mol. The van der Waals surface area contributed by atoms with Crippen LogP contribution in [-0.2, 0) is 11.2 Å². The van der Waals surface area contributed by atoms with Gasteiger partial charge in [0, 0.05) is 37.2 Å². The number of likely N-dealkylation sites (N-methyl/N-ethyl adjacent to an activating group) is 1. The molecule has 0 saturated heterocycles. The van der Waals surface area contributed by atoms with Crippen LogP contribution in [0, 0.1) is 13.8 Å². The van der Waals surface area contributed by atoms with Crippen LogP contribution in [0.15, 0.2) is 60.7 Å². The summed E-state index contributed by atoms with van der Waals surface area (Å²) in [6.45, 7) is 5.74. The summed E-state index contributed by atoms with van der Waals surface area (Å²) in [5.41, 5.74) is 5.30. The van der Waals surface area contributed by atoms with Crippen molar-refractivity contribution in [3.63, 3.8) is 0 Å². The number of nitrogens with zero attached hydrogens (tertiary/aromatic N) is 1. The average Bonchev–Trinajstić information content (AvgIpc) is 3.12. The largest absolute Gasteiger partial charge is 0.492 e. The van der Waals surface area contributed by atoms with Crippen LogP contribution in [0.25, 0.3) is 5.69 Å². The first-order chi connectivity index (χ1) is 15.0. The number of amides is 1. The van der Waals surface area contributed by atoms with Crippen molar-refractivity contribution in [2.24, 2.45) is 0 Å². The highest BCUT2D eigenvalue weighted by Crippen LogP contribution is 2.19. The Hall–Kier alpha value is -3.09. The van der Waals surface area contributed by atoms with E-state index in [0.29, 0.717) is 26.1 Å². The third-order valence-electron chi connectivity index (χ3n) is 5.26. The lowest BCUT2D eigenvalue weighted by molar-refractivity contribution is -0.119. The van der Waals surface area contributed by atoms with Crippen molar-refractivity contribution in [3.8, 4) is 11.4 Å². The summed E-state index contributed by atoms with van der Waals surface area (Å²) in [6.07, 6.45) is -0.216. The maximum atomic E-state index is 11.4. The molecule has 0 saturated carbocycles. The van der Waals surface area contributed by atoms with Gasteiger partial charge in [0.2, 0.25) is 5.91 Å². The predicted octanol–water partition coefficient (Wildman–Crippen LogP) is 3.08. The van der Waals surface area contributed by atoms with Crippen LogP contribution in [0.4, 0.5) is 0 Å². The van der Waals surface area contributed by atoms with Gasteiger partial charge in [-0.2, -0.15) is 0 Å². The zero-order valence-corrected chi connectivity index (χ0v) is 18.4. The number of carbonyl (C=O) groups is 1. The number of hydrogen-bond donors (Lipinski definition) is 3. The van der Waals surface area contributed by atoms with E-state index in [9.17, 15) is 9.90 Å². The summed E-state index contributed by atoms with van der Waals surface area (Å²) in [5, 5.41) is 16.3. The predicted molar refractivity (Wildman–Crippen MR) is 123 cm³/mol. The first kappa shape index (κ1) is 22.6. The Morgan fingerprint density at radius 3 is 2.26 bits per heavy atom. The maximum absolute atomic E-state index is 11.4. The number of aliphatic hydroxyl groups is 1. The molecule has 1 amide bonds. The quantitative estimate of drug-likeness (QED) is 0.440. The third kappa shape index (κ3) is 6.20. The molecule has 3 aromatic rings. The number of rotatable bonds is 10. The zero-order chi connectivity index (χ0) is 22.2. The zero-order valence-electron chi connectivity index (χ0n) is 18.4. The maximum Gasteiger partial charge on any atom is 0.224 e. The Bertz CT molecular complexity index is 959. The minimum Gasteiger partial charge on any atom is -0.492 e. The molecule has 164 valence electrons. The summed E-state index contributed by atoms with van der Waals surface area (Å²) in [7, 11) is 1.63. The summed E-state index contributed by atoms with van der Waals surface area (Å²) in [4.78, 5) is 11.4. The van der Waals surface area contributed by atoms with Crippen LogP contribution in [0.5, 0.6) is 5.75 Å². The van der Waals surface area contributed by atoms with Crippen molar-refractivity contribution in [1.82, 2.24) is 15.2 Å². The van der Waals surface area contributed by atoms with E-state index in [1.165, 1.54) is 11.4 Å².